The van der Waals surface area contributed by atoms with Crippen LogP contribution in [0.3, 0.4) is 0 Å². The maximum atomic E-state index is 12.2. The van der Waals surface area contributed by atoms with Crippen molar-refractivity contribution in [2.75, 3.05) is 5.32 Å². The fourth-order valence-corrected chi connectivity index (χ4v) is 3.33. The number of aryl methyl sites for hydroxylation is 2. The van der Waals surface area contributed by atoms with Crippen molar-refractivity contribution in [3.63, 3.8) is 0 Å². The first kappa shape index (κ1) is 15.5. The van der Waals surface area contributed by atoms with Gasteiger partial charge in [0.1, 0.15) is 0 Å². The van der Waals surface area contributed by atoms with Gasteiger partial charge in [0.15, 0.2) is 0 Å². The Bertz CT molecular complexity index is 906. The van der Waals surface area contributed by atoms with E-state index >= 15 is 0 Å². The molecule has 0 bridgehead atoms. The quantitative estimate of drug-likeness (QED) is 0.782. The van der Waals surface area contributed by atoms with Crippen molar-refractivity contribution >= 4 is 34.2 Å². The third-order valence-electron chi connectivity index (χ3n) is 3.76. The predicted octanol–water partition coefficient (Wildman–Crippen LogP) is 2.62. The number of imidazole rings is 1. The van der Waals surface area contributed by atoms with E-state index in [4.69, 9.17) is 0 Å². The third kappa shape index (κ3) is 3.05. The van der Waals surface area contributed by atoms with Crippen molar-refractivity contribution in [3.05, 3.63) is 45.0 Å². The molecule has 0 aliphatic heterocycles. The summed E-state index contributed by atoms with van der Waals surface area (Å²) < 4.78 is 3.59. The number of fused-ring (bicyclic) bond motifs is 1. The molecule has 3 aromatic rings. The number of carbonyl (C=O) groups excluding carboxylic acids is 1. The number of rotatable bonds is 5. The summed E-state index contributed by atoms with van der Waals surface area (Å²) in [6.07, 6.45) is 0.240. The second-order valence-electron chi connectivity index (χ2n) is 5.26. The van der Waals surface area contributed by atoms with Crippen molar-refractivity contribution < 1.29 is 4.79 Å². The average molecular weight is 330 g/mol. The van der Waals surface area contributed by atoms with Gasteiger partial charge in [-0.25, -0.2) is 4.98 Å². The number of carbonyl (C=O) groups is 1. The first-order valence-electron chi connectivity index (χ1n) is 7.50. The van der Waals surface area contributed by atoms with Crippen LogP contribution in [0.4, 0.5) is 5.95 Å². The van der Waals surface area contributed by atoms with Crippen LogP contribution in [0.1, 0.15) is 19.0 Å². The molecule has 3 rings (SSSR count). The number of benzene rings is 1. The summed E-state index contributed by atoms with van der Waals surface area (Å²) in [7, 11) is 0. The molecule has 0 aliphatic carbocycles. The molecule has 1 aromatic carbocycles. The number of hydrogen-bond donors (Lipinski definition) is 1. The standard InChI is InChI=1S/C16H18N4O2S/c1-3-19-13-7-5-4-6-12(13)17-15(19)18-14(21)8-9-20-11(2)10-23-16(20)22/h4-7,10H,3,8-9H2,1-2H3,(H,17,18,21). The van der Waals surface area contributed by atoms with Crippen molar-refractivity contribution in [3.8, 4) is 0 Å². The van der Waals surface area contributed by atoms with Gasteiger partial charge in [-0.3, -0.25) is 14.9 Å². The normalized spacial score (nSPS) is 11.0. The molecule has 2 aromatic heterocycles. The van der Waals surface area contributed by atoms with Gasteiger partial charge in [-0.15, -0.1) is 0 Å². The monoisotopic (exact) mass is 330 g/mol. The molecule has 1 N–H and O–H groups in total. The fraction of sp³-hybridized carbons (Fsp3) is 0.312. The molecule has 0 saturated heterocycles. The lowest BCUT2D eigenvalue weighted by Gasteiger charge is -2.08. The Labute approximate surface area is 137 Å². The Balaban J connectivity index is 1.74. The summed E-state index contributed by atoms with van der Waals surface area (Å²) in [6.45, 7) is 4.98. The van der Waals surface area contributed by atoms with Gasteiger partial charge < -0.3 is 9.13 Å². The molecule has 2 heterocycles. The summed E-state index contributed by atoms with van der Waals surface area (Å²) in [6, 6.07) is 7.78. The second-order valence-corrected chi connectivity index (χ2v) is 6.08. The van der Waals surface area contributed by atoms with E-state index in [1.165, 1.54) is 0 Å². The molecule has 0 atom stereocenters. The van der Waals surface area contributed by atoms with Gasteiger partial charge in [0.2, 0.25) is 11.9 Å². The van der Waals surface area contributed by atoms with E-state index < -0.39 is 0 Å². The smallest absolute Gasteiger partial charge is 0.307 e. The summed E-state index contributed by atoms with van der Waals surface area (Å²) in [5.74, 6) is 0.403. The number of anilines is 1. The fourth-order valence-electron chi connectivity index (χ4n) is 2.57. The molecule has 120 valence electrons. The number of nitrogens with one attached hydrogen (secondary N) is 1. The van der Waals surface area contributed by atoms with E-state index in [1.807, 2.05) is 42.7 Å². The number of aromatic nitrogens is 3. The summed E-state index contributed by atoms with van der Waals surface area (Å²) >= 11 is 1.15. The van der Waals surface area contributed by atoms with Gasteiger partial charge in [0.25, 0.3) is 0 Å². The lowest BCUT2D eigenvalue weighted by Crippen LogP contribution is -2.21. The van der Waals surface area contributed by atoms with E-state index in [-0.39, 0.29) is 17.2 Å². The van der Waals surface area contributed by atoms with Crippen LogP contribution in [0.5, 0.6) is 0 Å². The van der Waals surface area contributed by atoms with Crippen LogP contribution < -0.4 is 10.2 Å². The molecule has 6 nitrogen and oxygen atoms in total. The summed E-state index contributed by atoms with van der Waals surface area (Å²) in [5, 5.41) is 4.66. The first-order valence-corrected chi connectivity index (χ1v) is 8.38. The second kappa shape index (κ2) is 6.37. The summed E-state index contributed by atoms with van der Waals surface area (Å²) in [4.78, 5) is 28.3. The van der Waals surface area contributed by atoms with Gasteiger partial charge in [-0.2, -0.15) is 0 Å². The van der Waals surface area contributed by atoms with Crippen LogP contribution >= 0.6 is 11.3 Å². The van der Waals surface area contributed by atoms with Gasteiger partial charge in [0.05, 0.1) is 11.0 Å². The summed E-state index contributed by atoms with van der Waals surface area (Å²) in [5.41, 5.74) is 2.73. The van der Waals surface area contributed by atoms with E-state index in [9.17, 15) is 9.59 Å². The minimum atomic E-state index is -0.146. The Hall–Kier alpha value is -2.41. The van der Waals surface area contributed by atoms with E-state index in [0.717, 1.165) is 34.6 Å². The minimum Gasteiger partial charge on any atom is -0.310 e. The molecule has 1 amide bonds. The van der Waals surface area contributed by atoms with Crippen LogP contribution in [0.2, 0.25) is 0 Å². The SMILES string of the molecule is CCn1c(NC(=O)CCn2c(C)csc2=O)nc2ccccc21. The minimum absolute atomic E-state index is 0.0314. The molecule has 0 radical (unpaired) electrons. The molecule has 7 heteroatoms. The zero-order chi connectivity index (χ0) is 16.4. The Morgan fingerprint density at radius 1 is 1.30 bits per heavy atom. The maximum Gasteiger partial charge on any atom is 0.307 e. The van der Waals surface area contributed by atoms with E-state index in [1.54, 1.807) is 9.95 Å². The van der Waals surface area contributed by atoms with Crippen LogP contribution in [0.15, 0.2) is 34.4 Å². The Morgan fingerprint density at radius 3 is 2.78 bits per heavy atom. The van der Waals surface area contributed by atoms with Crippen molar-refractivity contribution in [2.24, 2.45) is 0 Å². The number of thiazole rings is 1. The Kier molecular flexibility index (Phi) is 4.29. The van der Waals surface area contributed by atoms with Gasteiger partial charge in [0, 0.05) is 30.6 Å². The van der Waals surface area contributed by atoms with Crippen LogP contribution in [-0.4, -0.2) is 20.0 Å². The molecule has 0 spiro atoms. The third-order valence-corrected chi connectivity index (χ3v) is 4.64. The molecule has 23 heavy (non-hydrogen) atoms. The number of amides is 1. The highest BCUT2D eigenvalue weighted by atomic mass is 32.1. The van der Waals surface area contributed by atoms with Crippen LogP contribution in [-0.2, 0) is 17.9 Å². The van der Waals surface area contributed by atoms with Crippen molar-refractivity contribution in [1.29, 1.82) is 0 Å². The highest BCUT2D eigenvalue weighted by Crippen LogP contribution is 2.19. The van der Waals surface area contributed by atoms with E-state index in [0.29, 0.717) is 12.5 Å². The van der Waals surface area contributed by atoms with E-state index in [2.05, 4.69) is 10.3 Å². The number of para-hydroxylation sites is 2. The van der Waals surface area contributed by atoms with Crippen LogP contribution in [0.25, 0.3) is 11.0 Å². The zero-order valence-electron chi connectivity index (χ0n) is 13.1. The molecular formula is C16H18N4O2S. The first-order chi connectivity index (χ1) is 11.1. The van der Waals surface area contributed by atoms with Gasteiger partial charge >= 0.3 is 4.87 Å². The number of nitrogens with zero attached hydrogens (tertiary/aromatic N) is 3. The molecular weight excluding hydrogens is 312 g/mol. The highest BCUT2D eigenvalue weighted by Gasteiger charge is 2.12. The molecule has 0 saturated carbocycles. The zero-order valence-corrected chi connectivity index (χ0v) is 13.9. The van der Waals surface area contributed by atoms with Crippen molar-refractivity contribution in [2.45, 2.75) is 33.4 Å². The lowest BCUT2D eigenvalue weighted by atomic mass is 10.3. The largest absolute Gasteiger partial charge is 0.310 e. The highest BCUT2D eigenvalue weighted by molar-refractivity contribution is 7.07. The van der Waals surface area contributed by atoms with Crippen molar-refractivity contribution in [1.82, 2.24) is 14.1 Å². The molecule has 0 aliphatic rings. The van der Waals surface area contributed by atoms with Gasteiger partial charge in [-0.05, 0) is 26.0 Å². The molecule has 0 fully saturated rings. The predicted molar refractivity (Wildman–Crippen MR) is 92.0 cm³/mol. The van der Waals surface area contributed by atoms with Gasteiger partial charge in [-0.1, -0.05) is 23.5 Å². The lowest BCUT2D eigenvalue weighted by molar-refractivity contribution is -0.116. The van der Waals surface area contributed by atoms with Crippen LogP contribution in [0, 0.1) is 6.92 Å². The topological polar surface area (TPSA) is 68.9 Å². The molecule has 0 unspecified atom stereocenters. The average Bonchev–Trinajstić information content (AvgIpc) is 3.05. The maximum absolute atomic E-state index is 12.2. The number of hydrogen-bond acceptors (Lipinski definition) is 4. The Morgan fingerprint density at radius 2 is 2.09 bits per heavy atom.